The van der Waals surface area contributed by atoms with Crippen molar-refractivity contribution in [3.63, 3.8) is 0 Å². The molecular formula is C34H38FN5O8. The first-order valence-electron chi connectivity index (χ1n) is 16.2. The molecule has 1 aromatic carbocycles. The van der Waals surface area contributed by atoms with E-state index in [0.717, 1.165) is 16.5 Å². The van der Waals surface area contributed by atoms with Gasteiger partial charge < -0.3 is 34.2 Å². The summed E-state index contributed by atoms with van der Waals surface area (Å²) >= 11 is 0. The molecule has 2 aromatic heterocycles. The molecular weight excluding hydrogens is 625 g/mol. The summed E-state index contributed by atoms with van der Waals surface area (Å²) in [5, 5.41) is 16.5. The van der Waals surface area contributed by atoms with Crippen molar-refractivity contribution in [1.82, 2.24) is 24.8 Å². The molecule has 4 aliphatic rings. The summed E-state index contributed by atoms with van der Waals surface area (Å²) < 4.78 is 27.4. The van der Waals surface area contributed by atoms with E-state index in [1.165, 1.54) is 15.7 Å². The number of hydrogen-bond acceptors (Lipinski definition) is 10. The number of cyclic esters (lactones) is 1. The Morgan fingerprint density at radius 1 is 1.15 bits per heavy atom. The van der Waals surface area contributed by atoms with E-state index in [0.29, 0.717) is 67.1 Å². The van der Waals surface area contributed by atoms with Gasteiger partial charge in [-0.1, -0.05) is 6.92 Å². The predicted molar refractivity (Wildman–Crippen MR) is 169 cm³/mol. The molecule has 7 rings (SSSR count). The van der Waals surface area contributed by atoms with Gasteiger partial charge in [0.1, 0.15) is 18.0 Å². The summed E-state index contributed by atoms with van der Waals surface area (Å²) in [5.41, 5.74) is 1.27. The minimum absolute atomic E-state index is 0.00297. The quantitative estimate of drug-likeness (QED) is 0.311. The highest BCUT2D eigenvalue weighted by Gasteiger charge is 2.46. The van der Waals surface area contributed by atoms with Crippen LogP contribution in [0.3, 0.4) is 0 Å². The Balaban J connectivity index is 1.22. The summed E-state index contributed by atoms with van der Waals surface area (Å²) in [4.78, 5) is 64.3. The number of aliphatic hydroxyl groups is 1. The van der Waals surface area contributed by atoms with Crippen molar-refractivity contribution in [2.24, 2.45) is 0 Å². The van der Waals surface area contributed by atoms with Gasteiger partial charge in [0.2, 0.25) is 0 Å². The van der Waals surface area contributed by atoms with Gasteiger partial charge in [-0.3, -0.25) is 4.79 Å². The highest BCUT2D eigenvalue weighted by atomic mass is 19.1. The highest BCUT2D eigenvalue weighted by Crippen LogP contribution is 2.46. The van der Waals surface area contributed by atoms with E-state index in [2.05, 4.69) is 5.32 Å². The van der Waals surface area contributed by atoms with E-state index >= 15 is 4.39 Å². The fraction of sp³-hybridized carbons (Fsp3) is 0.500. The van der Waals surface area contributed by atoms with Crippen LogP contribution >= 0.6 is 0 Å². The number of fused-ring (bicyclic) bond motifs is 5. The second-order valence-electron chi connectivity index (χ2n) is 13.8. The molecule has 2 N–H and O–H groups in total. The van der Waals surface area contributed by atoms with Crippen LogP contribution in [0, 0.1) is 12.7 Å². The average Bonchev–Trinajstić information content (AvgIpc) is 3.40. The number of halogens is 1. The molecule has 0 bridgehead atoms. The van der Waals surface area contributed by atoms with Gasteiger partial charge in [0.05, 0.1) is 48.1 Å². The smallest absolute Gasteiger partial charge is 0.426 e. The lowest BCUT2D eigenvalue weighted by atomic mass is 9.81. The Morgan fingerprint density at radius 3 is 2.56 bits per heavy atom. The summed E-state index contributed by atoms with van der Waals surface area (Å²) in [6, 6.07) is 2.43. The van der Waals surface area contributed by atoms with Crippen LogP contribution < -0.4 is 10.9 Å². The summed E-state index contributed by atoms with van der Waals surface area (Å²) in [7, 11) is 0. The van der Waals surface area contributed by atoms with Gasteiger partial charge in [0.25, 0.3) is 5.56 Å². The number of piperazine rings is 1. The van der Waals surface area contributed by atoms with Gasteiger partial charge in [-0.25, -0.2) is 23.8 Å². The minimum Gasteiger partial charge on any atom is -0.458 e. The zero-order valence-electron chi connectivity index (χ0n) is 27.6. The Hall–Kier alpha value is -4.56. The van der Waals surface area contributed by atoms with Crippen LogP contribution in [-0.2, 0) is 44.3 Å². The van der Waals surface area contributed by atoms with Crippen molar-refractivity contribution in [3.8, 4) is 11.4 Å². The maximum atomic E-state index is 15.2. The number of hydroxylamine groups is 2. The average molecular weight is 664 g/mol. The molecule has 3 aliphatic heterocycles. The summed E-state index contributed by atoms with van der Waals surface area (Å²) in [6.07, 6.45) is -0.169. The van der Waals surface area contributed by atoms with E-state index < -0.39 is 46.8 Å². The first kappa shape index (κ1) is 32.0. The van der Waals surface area contributed by atoms with E-state index in [-0.39, 0.29) is 30.7 Å². The largest absolute Gasteiger partial charge is 0.458 e. The molecule has 0 saturated carbocycles. The van der Waals surface area contributed by atoms with Gasteiger partial charge in [0.15, 0.2) is 5.60 Å². The topological polar surface area (TPSA) is 153 Å². The molecule has 2 atom stereocenters. The molecule has 0 radical (unpaired) electrons. The third-order valence-corrected chi connectivity index (χ3v) is 9.77. The molecule has 5 heterocycles. The number of nitrogens with zero attached hydrogens (tertiary/aromatic N) is 4. The summed E-state index contributed by atoms with van der Waals surface area (Å²) in [5.74, 6) is -1.23. The van der Waals surface area contributed by atoms with Crippen molar-refractivity contribution in [3.05, 3.63) is 61.7 Å². The number of benzene rings is 1. The van der Waals surface area contributed by atoms with Crippen molar-refractivity contribution in [1.29, 1.82) is 0 Å². The molecule has 2 amide bonds. The van der Waals surface area contributed by atoms with Crippen LogP contribution in [0.5, 0.6) is 0 Å². The molecule has 1 saturated heterocycles. The number of rotatable bonds is 3. The van der Waals surface area contributed by atoms with Gasteiger partial charge in [-0.2, -0.15) is 0 Å². The van der Waals surface area contributed by atoms with Gasteiger partial charge in [0, 0.05) is 35.7 Å². The SMILES string of the molecule is CC[C@@]1(O)C(=O)OCc2c1cc1n(c2=O)Cc2c-1nc1cc(F)c(C)c3c1c2[C@@H](NC(=O)ON1CCN(C(=O)OC(C)(C)C)CC1)CC3. The van der Waals surface area contributed by atoms with Crippen LogP contribution in [0.4, 0.5) is 14.0 Å². The molecule has 48 heavy (non-hydrogen) atoms. The van der Waals surface area contributed by atoms with Crippen molar-refractivity contribution in [2.75, 3.05) is 26.2 Å². The van der Waals surface area contributed by atoms with Crippen LogP contribution in [0.25, 0.3) is 22.3 Å². The fourth-order valence-corrected chi connectivity index (χ4v) is 7.27. The summed E-state index contributed by atoms with van der Waals surface area (Å²) in [6.45, 7) is 9.86. The highest BCUT2D eigenvalue weighted by molar-refractivity contribution is 5.93. The van der Waals surface area contributed by atoms with Crippen molar-refractivity contribution in [2.45, 2.75) is 84.3 Å². The lowest BCUT2D eigenvalue weighted by Gasteiger charge is -2.35. The standard InChI is InChI=1S/C34H38FN5O8/c1-6-34(45)21-13-25-28-19(15-40(25)29(41)20(21)16-46-30(34)42)27-23(8-7-18-17(2)22(35)14-24(36-28)26(18)27)37-31(43)48-39-11-9-38(10-12-39)32(44)47-33(3,4)5/h13-14,23,45H,6-12,15-16H2,1-5H3,(H,37,43)/t23-,34-/m0/s1. The maximum Gasteiger partial charge on any atom is 0.426 e. The molecule has 3 aromatic rings. The molecule has 254 valence electrons. The van der Waals surface area contributed by atoms with E-state index in [1.807, 2.05) is 0 Å². The van der Waals surface area contributed by atoms with Gasteiger partial charge >= 0.3 is 18.2 Å². The van der Waals surface area contributed by atoms with Crippen LogP contribution in [-0.4, -0.2) is 74.6 Å². The number of nitrogens with one attached hydrogen (secondary N) is 1. The van der Waals surface area contributed by atoms with Crippen molar-refractivity contribution < 1.29 is 38.2 Å². The third-order valence-electron chi connectivity index (χ3n) is 9.77. The number of pyridine rings is 2. The first-order valence-corrected chi connectivity index (χ1v) is 16.2. The van der Waals surface area contributed by atoms with Crippen LogP contribution in [0.2, 0.25) is 0 Å². The molecule has 13 nitrogen and oxygen atoms in total. The van der Waals surface area contributed by atoms with E-state index in [1.54, 1.807) is 45.6 Å². The number of carbonyl (C=O) groups is 3. The minimum atomic E-state index is -1.99. The van der Waals surface area contributed by atoms with Gasteiger partial charge in [-0.05, 0) is 69.7 Å². The Morgan fingerprint density at radius 2 is 1.88 bits per heavy atom. The van der Waals surface area contributed by atoms with E-state index in [4.69, 9.17) is 19.3 Å². The third kappa shape index (κ3) is 5.09. The van der Waals surface area contributed by atoms with Crippen molar-refractivity contribution >= 4 is 29.1 Å². The second kappa shape index (κ2) is 11.3. The number of esters is 1. The van der Waals surface area contributed by atoms with E-state index in [9.17, 15) is 24.3 Å². The molecule has 0 unspecified atom stereocenters. The maximum absolute atomic E-state index is 15.2. The zero-order valence-corrected chi connectivity index (χ0v) is 27.6. The molecule has 1 aliphatic carbocycles. The second-order valence-corrected chi connectivity index (χ2v) is 13.8. The van der Waals surface area contributed by atoms with Crippen LogP contribution in [0.1, 0.15) is 80.0 Å². The zero-order chi connectivity index (χ0) is 34.3. The number of aromatic nitrogens is 2. The number of amides is 2. The number of carbonyl (C=O) groups excluding carboxylic acids is 3. The normalized spacial score (nSPS) is 21.7. The monoisotopic (exact) mass is 663 g/mol. The molecule has 0 spiro atoms. The lowest BCUT2D eigenvalue weighted by molar-refractivity contribution is -0.172. The molecule has 1 fully saturated rings. The predicted octanol–water partition coefficient (Wildman–Crippen LogP) is 3.71. The first-order chi connectivity index (χ1) is 22.7. The lowest BCUT2D eigenvalue weighted by Crippen LogP contribution is -2.51. The Bertz CT molecular complexity index is 1960. The number of hydrogen-bond donors (Lipinski definition) is 2. The Labute approximate surface area is 275 Å². The number of ether oxygens (including phenoxy) is 2. The Kier molecular flexibility index (Phi) is 7.51. The molecule has 14 heteroatoms. The van der Waals surface area contributed by atoms with Crippen LogP contribution in [0.15, 0.2) is 16.9 Å². The number of aryl methyl sites for hydroxylation is 1. The fourth-order valence-electron chi connectivity index (χ4n) is 7.27. The van der Waals surface area contributed by atoms with Gasteiger partial charge in [-0.15, -0.1) is 5.06 Å².